The average molecular weight is 334 g/mol. The Morgan fingerprint density at radius 1 is 1.44 bits per heavy atom. The number of nitrogens with one attached hydrogen (secondary N) is 1. The summed E-state index contributed by atoms with van der Waals surface area (Å²) in [4.78, 5) is 14.2. The molecule has 5 heteroatoms. The molecule has 0 spiro atoms. The summed E-state index contributed by atoms with van der Waals surface area (Å²) in [6.07, 6.45) is 2.22. The van der Waals surface area contributed by atoms with Crippen LogP contribution in [0, 0.1) is 0 Å². The number of benzene rings is 1. The number of halogens is 2. The first kappa shape index (κ1) is 15.5. The van der Waals surface area contributed by atoms with E-state index >= 15 is 0 Å². The zero-order valence-electron chi connectivity index (χ0n) is 10.4. The van der Waals surface area contributed by atoms with Crippen molar-refractivity contribution in [2.75, 3.05) is 20.1 Å². The van der Waals surface area contributed by atoms with Crippen LogP contribution >= 0.6 is 28.3 Å². The highest BCUT2D eigenvalue weighted by molar-refractivity contribution is 9.10. The van der Waals surface area contributed by atoms with Gasteiger partial charge in [0.2, 0.25) is 0 Å². The van der Waals surface area contributed by atoms with E-state index in [2.05, 4.69) is 21.2 Å². The van der Waals surface area contributed by atoms with Crippen molar-refractivity contribution < 1.29 is 4.79 Å². The van der Waals surface area contributed by atoms with Crippen LogP contribution < -0.4 is 5.32 Å². The summed E-state index contributed by atoms with van der Waals surface area (Å²) in [5.41, 5.74) is 0.737. The molecule has 3 nitrogen and oxygen atoms in total. The van der Waals surface area contributed by atoms with Gasteiger partial charge in [0.05, 0.1) is 5.56 Å². The topological polar surface area (TPSA) is 32.3 Å². The first-order valence-electron chi connectivity index (χ1n) is 5.92. The van der Waals surface area contributed by atoms with Crippen molar-refractivity contribution in [1.29, 1.82) is 0 Å². The average Bonchev–Trinajstić information content (AvgIpc) is 2.39. The first-order valence-corrected chi connectivity index (χ1v) is 6.72. The standard InChI is InChI=1S/C13H17BrN2O.ClH/c1-16(10-5-4-8-15-9-10)13(17)11-6-2-3-7-12(11)14;/h2-3,6-7,10,15H,4-5,8-9H2,1H3;1H/t10-;/m1./s1. The Morgan fingerprint density at radius 3 is 2.78 bits per heavy atom. The van der Waals surface area contributed by atoms with Crippen LogP contribution in [-0.4, -0.2) is 37.0 Å². The van der Waals surface area contributed by atoms with E-state index in [0.717, 1.165) is 36.0 Å². The number of hydrogen-bond donors (Lipinski definition) is 1. The maximum absolute atomic E-state index is 12.3. The number of nitrogens with zero attached hydrogens (tertiary/aromatic N) is 1. The molecular weight excluding hydrogens is 316 g/mol. The third kappa shape index (κ3) is 3.46. The van der Waals surface area contributed by atoms with E-state index in [1.165, 1.54) is 0 Å². The van der Waals surface area contributed by atoms with E-state index in [1.807, 2.05) is 36.2 Å². The number of rotatable bonds is 2. The summed E-state index contributed by atoms with van der Waals surface area (Å²) in [6.45, 7) is 1.96. The van der Waals surface area contributed by atoms with E-state index in [4.69, 9.17) is 0 Å². The fourth-order valence-electron chi connectivity index (χ4n) is 2.15. The number of likely N-dealkylation sites (N-methyl/N-ethyl adjacent to an activating group) is 1. The van der Waals surface area contributed by atoms with Gasteiger partial charge in [-0.2, -0.15) is 0 Å². The summed E-state index contributed by atoms with van der Waals surface area (Å²) >= 11 is 3.43. The summed E-state index contributed by atoms with van der Waals surface area (Å²) in [5.74, 6) is 0.0891. The molecule has 0 aromatic heterocycles. The molecule has 0 saturated carbocycles. The van der Waals surface area contributed by atoms with E-state index in [0.29, 0.717) is 6.04 Å². The molecule has 0 aliphatic carbocycles. The zero-order valence-corrected chi connectivity index (χ0v) is 12.8. The Kier molecular flexibility index (Phi) is 6.12. The van der Waals surface area contributed by atoms with Crippen LogP contribution in [0.2, 0.25) is 0 Å². The second-order valence-electron chi connectivity index (χ2n) is 4.40. The van der Waals surface area contributed by atoms with Crippen molar-refractivity contribution in [2.45, 2.75) is 18.9 Å². The van der Waals surface area contributed by atoms with E-state index in [1.54, 1.807) is 0 Å². The Balaban J connectivity index is 0.00000162. The molecule has 1 aromatic rings. The summed E-state index contributed by atoms with van der Waals surface area (Å²) < 4.78 is 0.862. The van der Waals surface area contributed by atoms with Crippen LogP contribution in [0.15, 0.2) is 28.7 Å². The van der Waals surface area contributed by atoms with Crippen LogP contribution in [-0.2, 0) is 0 Å². The smallest absolute Gasteiger partial charge is 0.255 e. The Hall–Kier alpha value is -0.580. The van der Waals surface area contributed by atoms with Crippen LogP contribution in [0.1, 0.15) is 23.2 Å². The first-order chi connectivity index (χ1) is 8.20. The SMILES string of the molecule is CN(C(=O)c1ccccc1Br)[C@@H]1CCCNC1.Cl. The molecule has 1 atom stereocenters. The lowest BCUT2D eigenvalue weighted by Gasteiger charge is -2.32. The monoisotopic (exact) mass is 332 g/mol. The van der Waals surface area contributed by atoms with Crippen molar-refractivity contribution in [3.8, 4) is 0 Å². The minimum absolute atomic E-state index is 0. The summed E-state index contributed by atoms with van der Waals surface area (Å²) in [5, 5.41) is 3.33. The van der Waals surface area contributed by atoms with E-state index in [-0.39, 0.29) is 18.3 Å². The van der Waals surface area contributed by atoms with Gasteiger partial charge in [0.25, 0.3) is 5.91 Å². The molecule has 0 radical (unpaired) electrons. The van der Waals surface area contributed by atoms with Gasteiger partial charge < -0.3 is 10.2 Å². The lowest BCUT2D eigenvalue weighted by atomic mass is 10.1. The van der Waals surface area contributed by atoms with Gasteiger partial charge in [-0.25, -0.2) is 0 Å². The zero-order chi connectivity index (χ0) is 12.3. The van der Waals surface area contributed by atoms with Crippen molar-refractivity contribution in [2.24, 2.45) is 0 Å². The molecule has 1 N–H and O–H groups in total. The van der Waals surface area contributed by atoms with E-state index in [9.17, 15) is 4.79 Å². The van der Waals surface area contributed by atoms with Gasteiger partial charge in [-0.3, -0.25) is 4.79 Å². The van der Waals surface area contributed by atoms with Crippen molar-refractivity contribution in [3.05, 3.63) is 34.3 Å². The van der Waals surface area contributed by atoms with Gasteiger partial charge in [0.15, 0.2) is 0 Å². The highest BCUT2D eigenvalue weighted by atomic mass is 79.9. The third-order valence-electron chi connectivity index (χ3n) is 3.24. The summed E-state index contributed by atoms with van der Waals surface area (Å²) in [7, 11) is 1.89. The van der Waals surface area contributed by atoms with Crippen LogP contribution in [0.5, 0.6) is 0 Å². The Bertz CT molecular complexity index is 408. The Morgan fingerprint density at radius 2 is 2.17 bits per heavy atom. The number of carbonyl (C=O) groups excluding carboxylic acids is 1. The predicted molar refractivity (Wildman–Crippen MR) is 79.4 cm³/mol. The quantitative estimate of drug-likeness (QED) is 0.902. The maximum atomic E-state index is 12.3. The largest absolute Gasteiger partial charge is 0.337 e. The van der Waals surface area contributed by atoms with Gasteiger partial charge in [-0.15, -0.1) is 12.4 Å². The van der Waals surface area contributed by atoms with Gasteiger partial charge in [-0.05, 0) is 47.4 Å². The summed E-state index contributed by atoms with van der Waals surface area (Å²) in [6, 6.07) is 7.89. The van der Waals surface area contributed by atoms with Crippen molar-refractivity contribution in [3.63, 3.8) is 0 Å². The molecule has 0 bridgehead atoms. The van der Waals surface area contributed by atoms with Gasteiger partial charge in [0.1, 0.15) is 0 Å². The van der Waals surface area contributed by atoms with Gasteiger partial charge in [0, 0.05) is 24.1 Å². The van der Waals surface area contributed by atoms with Gasteiger partial charge >= 0.3 is 0 Å². The molecule has 0 unspecified atom stereocenters. The molecule has 1 amide bonds. The molecule has 1 saturated heterocycles. The van der Waals surface area contributed by atoms with E-state index < -0.39 is 0 Å². The normalized spacial score (nSPS) is 18.9. The molecule has 2 rings (SSSR count). The molecule has 1 fully saturated rings. The number of amides is 1. The van der Waals surface area contributed by atoms with Gasteiger partial charge in [-0.1, -0.05) is 12.1 Å². The van der Waals surface area contributed by atoms with Crippen LogP contribution in [0.25, 0.3) is 0 Å². The second-order valence-corrected chi connectivity index (χ2v) is 5.25. The molecule has 1 aliphatic heterocycles. The highest BCUT2D eigenvalue weighted by Crippen LogP contribution is 2.19. The maximum Gasteiger partial charge on any atom is 0.255 e. The lowest BCUT2D eigenvalue weighted by molar-refractivity contribution is 0.0707. The second kappa shape index (κ2) is 7.12. The number of hydrogen-bond acceptors (Lipinski definition) is 2. The van der Waals surface area contributed by atoms with Crippen molar-refractivity contribution in [1.82, 2.24) is 10.2 Å². The molecular formula is C13H18BrClN2O. The fourth-order valence-corrected chi connectivity index (χ4v) is 2.61. The van der Waals surface area contributed by atoms with Crippen LogP contribution in [0.4, 0.5) is 0 Å². The molecule has 1 aliphatic rings. The van der Waals surface area contributed by atoms with Crippen LogP contribution in [0.3, 0.4) is 0 Å². The number of piperidine rings is 1. The third-order valence-corrected chi connectivity index (χ3v) is 3.93. The highest BCUT2D eigenvalue weighted by Gasteiger charge is 2.23. The lowest BCUT2D eigenvalue weighted by Crippen LogP contribution is -2.46. The molecule has 1 heterocycles. The van der Waals surface area contributed by atoms with Crippen molar-refractivity contribution >= 4 is 34.2 Å². The number of carbonyl (C=O) groups is 1. The molecule has 18 heavy (non-hydrogen) atoms. The molecule has 1 aromatic carbocycles. The Labute approximate surface area is 122 Å². The minimum atomic E-state index is 0. The minimum Gasteiger partial charge on any atom is -0.337 e. The molecule has 100 valence electrons. The fraction of sp³-hybridized carbons (Fsp3) is 0.462. The predicted octanol–water partition coefficient (Wildman–Crippen LogP) is 2.69.